The third kappa shape index (κ3) is 3.16. The van der Waals surface area contributed by atoms with Gasteiger partial charge in [0.15, 0.2) is 6.04 Å². The Bertz CT molecular complexity index is 646. The molecule has 1 aromatic rings. The average Bonchev–Trinajstić information content (AvgIpc) is 2.83. The molecule has 7 heteroatoms. The molecule has 122 valence electrons. The summed E-state index contributed by atoms with van der Waals surface area (Å²) in [6.45, 7) is 1.33. The molecule has 3 N–H and O–H groups in total. The van der Waals surface area contributed by atoms with Crippen LogP contribution in [0.1, 0.15) is 19.3 Å². The number of hydrogen-bond acceptors (Lipinski definition) is 3. The molecular weight excluding hydrogens is 362 g/mol. The van der Waals surface area contributed by atoms with E-state index in [1.54, 1.807) is 24.3 Å². The van der Waals surface area contributed by atoms with Gasteiger partial charge in [-0.3, -0.25) is 14.4 Å². The second-order valence-corrected chi connectivity index (χ2v) is 7.07. The molecule has 0 saturated carbocycles. The summed E-state index contributed by atoms with van der Waals surface area (Å²) in [5, 5.41) is 0. The van der Waals surface area contributed by atoms with Crippen molar-refractivity contribution in [1.82, 2.24) is 0 Å². The molecule has 2 fully saturated rings. The largest absolute Gasteiger partial charge is 0.369 e. The van der Waals surface area contributed by atoms with Crippen molar-refractivity contribution in [2.75, 3.05) is 18.0 Å². The molecule has 2 saturated heterocycles. The van der Waals surface area contributed by atoms with Crippen molar-refractivity contribution in [3.05, 3.63) is 28.7 Å². The van der Waals surface area contributed by atoms with E-state index in [9.17, 15) is 14.4 Å². The van der Waals surface area contributed by atoms with Crippen LogP contribution in [0, 0.1) is 5.92 Å². The summed E-state index contributed by atoms with van der Waals surface area (Å²) in [4.78, 5) is 38.7. The molecule has 0 spiro atoms. The monoisotopic (exact) mass is 380 g/mol. The van der Waals surface area contributed by atoms with Crippen LogP contribution in [0.3, 0.4) is 0 Å². The molecule has 1 aromatic carbocycles. The van der Waals surface area contributed by atoms with E-state index in [0.29, 0.717) is 12.2 Å². The number of carbonyl (C=O) groups is 3. The van der Waals surface area contributed by atoms with Gasteiger partial charge in [-0.15, -0.1) is 0 Å². The molecular formula is C16H19BrN3O3+. The molecule has 0 aromatic heterocycles. The summed E-state index contributed by atoms with van der Waals surface area (Å²) in [6, 6.07) is 6.70. The number of amides is 3. The summed E-state index contributed by atoms with van der Waals surface area (Å²) in [5.74, 6) is -0.888. The number of halogens is 1. The lowest BCUT2D eigenvalue weighted by Crippen LogP contribution is -3.18. The van der Waals surface area contributed by atoms with E-state index in [4.69, 9.17) is 5.73 Å². The number of nitrogens with two attached hydrogens (primary N) is 1. The molecule has 23 heavy (non-hydrogen) atoms. The van der Waals surface area contributed by atoms with Gasteiger partial charge >= 0.3 is 0 Å². The van der Waals surface area contributed by atoms with Gasteiger partial charge in [0.1, 0.15) is 0 Å². The van der Waals surface area contributed by atoms with E-state index >= 15 is 0 Å². The summed E-state index contributed by atoms with van der Waals surface area (Å²) in [6.07, 6.45) is 1.80. The van der Waals surface area contributed by atoms with Crippen LogP contribution in [0.2, 0.25) is 0 Å². The Morgan fingerprint density at radius 2 is 1.96 bits per heavy atom. The average molecular weight is 381 g/mol. The number of benzene rings is 1. The van der Waals surface area contributed by atoms with E-state index in [1.807, 2.05) is 0 Å². The molecule has 2 aliphatic rings. The van der Waals surface area contributed by atoms with Crippen LogP contribution >= 0.6 is 15.9 Å². The molecule has 3 atom stereocenters. The van der Waals surface area contributed by atoms with Crippen LogP contribution in [0.25, 0.3) is 0 Å². The van der Waals surface area contributed by atoms with Crippen molar-refractivity contribution < 1.29 is 19.3 Å². The predicted molar refractivity (Wildman–Crippen MR) is 87.7 cm³/mol. The van der Waals surface area contributed by atoms with E-state index in [-0.39, 0.29) is 30.1 Å². The Hall–Kier alpha value is -1.73. The van der Waals surface area contributed by atoms with Crippen LogP contribution in [0.5, 0.6) is 0 Å². The Kier molecular flexibility index (Phi) is 4.50. The number of likely N-dealkylation sites (tertiary alicyclic amines) is 1. The molecule has 6 nitrogen and oxygen atoms in total. The lowest BCUT2D eigenvalue weighted by atomic mass is 9.96. The molecule has 3 amide bonds. The fourth-order valence-electron chi connectivity index (χ4n) is 3.47. The number of nitrogens with zero attached hydrogens (tertiary/aromatic N) is 1. The van der Waals surface area contributed by atoms with Gasteiger partial charge in [-0.05, 0) is 37.1 Å². The number of hydrogen-bond donors (Lipinski definition) is 2. The molecule has 1 unspecified atom stereocenters. The highest BCUT2D eigenvalue weighted by atomic mass is 79.9. The van der Waals surface area contributed by atoms with Crippen LogP contribution < -0.4 is 15.5 Å². The minimum Gasteiger partial charge on any atom is -0.369 e. The number of carbonyl (C=O) groups excluding carboxylic acids is 3. The number of nitrogens with one attached hydrogen (secondary N) is 1. The minimum absolute atomic E-state index is 0.183. The van der Waals surface area contributed by atoms with Gasteiger partial charge in [0, 0.05) is 4.47 Å². The number of primary amides is 1. The molecule has 0 radical (unpaired) electrons. The van der Waals surface area contributed by atoms with Crippen molar-refractivity contribution in [3.8, 4) is 0 Å². The van der Waals surface area contributed by atoms with Gasteiger partial charge in [-0.2, -0.15) is 0 Å². The quantitative estimate of drug-likeness (QED) is 0.715. The zero-order valence-electron chi connectivity index (χ0n) is 12.6. The van der Waals surface area contributed by atoms with E-state index in [0.717, 1.165) is 28.8 Å². The van der Waals surface area contributed by atoms with Crippen LogP contribution in [-0.2, 0) is 14.4 Å². The maximum absolute atomic E-state index is 12.7. The van der Waals surface area contributed by atoms with Crippen LogP contribution in [0.15, 0.2) is 28.7 Å². The second-order valence-electron chi connectivity index (χ2n) is 6.15. The third-order valence-electron chi connectivity index (χ3n) is 4.69. The number of rotatable bonds is 3. The Morgan fingerprint density at radius 1 is 1.26 bits per heavy atom. The summed E-state index contributed by atoms with van der Waals surface area (Å²) in [5.41, 5.74) is 5.99. The van der Waals surface area contributed by atoms with E-state index in [1.165, 1.54) is 4.90 Å². The molecule has 0 aliphatic carbocycles. The van der Waals surface area contributed by atoms with E-state index in [2.05, 4.69) is 15.9 Å². The predicted octanol–water partition coefficient (Wildman–Crippen LogP) is -0.139. The third-order valence-corrected chi connectivity index (χ3v) is 5.21. The maximum Gasteiger partial charge on any atom is 0.292 e. The van der Waals surface area contributed by atoms with Crippen LogP contribution in [-0.4, -0.2) is 36.9 Å². The topological polar surface area (TPSA) is 84.9 Å². The summed E-state index contributed by atoms with van der Waals surface area (Å²) in [7, 11) is 0. The molecule has 3 rings (SSSR count). The highest BCUT2D eigenvalue weighted by molar-refractivity contribution is 9.10. The number of quaternary nitrogens is 1. The Morgan fingerprint density at radius 3 is 2.61 bits per heavy atom. The lowest BCUT2D eigenvalue weighted by molar-refractivity contribution is -0.922. The van der Waals surface area contributed by atoms with Gasteiger partial charge in [-0.1, -0.05) is 15.9 Å². The highest BCUT2D eigenvalue weighted by Crippen LogP contribution is 2.24. The number of piperidine rings is 1. The maximum atomic E-state index is 12.7. The highest BCUT2D eigenvalue weighted by Gasteiger charge is 2.47. The van der Waals surface area contributed by atoms with Gasteiger partial charge < -0.3 is 10.6 Å². The number of imide groups is 1. The first-order valence-corrected chi connectivity index (χ1v) is 8.53. The van der Waals surface area contributed by atoms with Gasteiger partial charge in [0.2, 0.25) is 11.8 Å². The van der Waals surface area contributed by atoms with Gasteiger partial charge in [0.25, 0.3) is 5.91 Å². The van der Waals surface area contributed by atoms with Crippen molar-refractivity contribution >= 4 is 39.3 Å². The zero-order chi connectivity index (χ0) is 16.6. The van der Waals surface area contributed by atoms with Crippen LogP contribution in [0.4, 0.5) is 5.69 Å². The summed E-state index contributed by atoms with van der Waals surface area (Å²) < 4.78 is 0.892. The Labute approximate surface area is 142 Å². The first kappa shape index (κ1) is 16.1. The first-order chi connectivity index (χ1) is 11.0. The smallest absolute Gasteiger partial charge is 0.292 e. The zero-order valence-corrected chi connectivity index (χ0v) is 14.2. The molecule has 2 heterocycles. The van der Waals surface area contributed by atoms with Crippen molar-refractivity contribution in [1.29, 1.82) is 0 Å². The van der Waals surface area contributed by atoms with Gasteiger partial charge in [0.05, 0.1) is 31.1 Å². The SMILES string of the molecule is NC(=O)[C@H]1CCC[NH+]([C@@H]2CC(=O)N(c3ccc(Br)cc3)C2=O)C1. The summed E-state index contributed by atoms with van der Waals surface area (Å²) >= 11 is 3.34. The van der Waals surface area contributed by atoms with E-state index < -0.39 is 6.04 Å². The minimum atomic E-state index is -0.409. The van der Waals surface area contributed by atoms with Crippen molar-refractivity contribution in [3.63, 3.8) is 0 Å². The normalized spacial score (nSPS) is 28.2. The van der Waals surface area contributed by atoms with Gasteiger partial charge in [-0.25, -0.2) is 4.90 Å². The van der Waals surface area contributed by atoms with Crippen molar-refractivity contribution in [2.45, 2.75) is 25.3 Å². The fourth-order valence-corrected chi connectivity index (χ4v) is 3.73. The van der Waals surface area contributed by atoms with Crippen molar-refractivity contribution in [2.24, 2.45) is 11.7 Å². The number of anilines is 1. The molecule has 2 aliphatic heterocycles. The first-order valence-electron chi connectivity index (χ1n) is 7.73. The molecule has 0 bridgehead atoms. The fraction of sp³-hybridized carbons (Fsp3) is 0.438. The second kappa shape index (κ2) is 6.41. The Balaban J connectivity index is 1.78. The lowest BCUT2D eigenvalue weighted by Gasteiger charge is -2.31. The standard InChI is InChI=1S/C16H18BrN3O3/c17-11-3-5-12(6-4-11)20-14(21)8-13(16(20)23)19-7-1-2-10(9-19)15(18)22/h3-6,10,13H,1-2,7-9H2,(H2,18,22)/p+1/t10-,13+/m0/s1.